The highest BCUT2D eigenvalue weighted by molar-refractivity contribution is 7.47. The first-order chi connectivity index (χ1) is 28.3. The number of ether oxygens (including phenoxy) is 3. The van der Waals surface area contributed by atoms with Crippen LogP contribution < -0.4 is 5.73 Å². The van der Waals surface area contributed by atoms with Crippen LogP contribution in [0.1, 0.15) is 126 Å². The van der Waals surface area contributed by atoms with Crippen molar-refractivity contribution >= 4 is 19.2 Å². The molecule has 1 aliphatic heterocycles. The van der Waals surface area contributed by atoms with E-state index in [9.17, 15) is 38.1 Å². The lowest BCUT2D eigenvalue weighted by Crippen LogP contribution is -2.41. The average molecular weight is 856 g/mol. The van der Waals surface area contributed by atoms with Crippen LogP contribution in [0.15, 0.2) is 42.7 Å². The number of aliphatic hydroxyl groups is 2. The van der Waals surface area contributed by atoms with Crippen LogP contribution in [0.2, 0.25) is 0 Å². The highest BCUT2D eigenvalue weighted by Gasteiger charge is 2.58. The Bertz CT molecular complexity index is 1760. The maximum atomic E-state index is 13.1. The molecule has 0 bridgehead atoms. The number of phosphoric acid groups is 1. The largest absolute Gasteiger partial charge is 0.472 e. The second-order valence-electron chi connectivity index (χ2n) is 15.2. The molecule has 1 saturated heterocycles. The van der Waals surface area contributed by atoms with E-state index >= 15 is 0 Å². The van der Waals surface area contributed by atoms with Gasteiger partial charge in [0.2, 0.25) is 5.60 Å². The normalized spacial score (nSPS) is 21.2. The number of anilines is 1. The van der Waals surface area contributed by atoms with Crippen molar-refractivity contribution in [3.8, 4) is 6.07 Å². The van der Waals surface area contributed by atoms with Crippen LogP contribution in [0.25, 0.3) is 5.52 Å². The maximum absolute atomic E-state index is 13.1. The van der Waals surface area contributed by atoms with E-state index in [1.54, 1.807) is 0 Å². The molecule has 1 aliphatic rings. The van der Waals surface area contributed by atoms with E-state index in [1.165, 1.54) is 106 Å². The van der Waals surface area contributed by atoms with Crippen LogP contribution in [-0.4, -0.2) is 80.5 Å². The van der Waals surface area contributed by atoms with Crippen molar-refractivity contribution in [3.05, 3.63) is 59.5 Å². The van der Waals surface area contributed by atoms with Gasteiger partial charge in [0.15, 0.2) is 5.82 Å². The van der Waals surface area contributed by atoms with Crippen molar-refractivity contribution in [1.82, 2.24) is 14.6 Å². The number of halogens is 3. The highest BCUT2D eigenvalue weighted by Crippen LogP contribution is 2.46. The summed E-state index contributed by atoms with van der Waals surface area (Å²) in [5.74, 6) is 0.0953. The molecule has 1 unspecified atom stereocenters. The van der Waals surface area contributed by atoms with Crippen LogP contribution in [0.5, 0.6) is 0 Å². The number of nitrogen functional groups attached to an aromatic ring is 1. The van der Waals surface area contributed by atoms with Gasteiger partial charge in [-0.1, -0.05) is 115 Å². The maximum Gasteiger partial charge on any atom is 0.472 e. The molecule has 0 spiro atoms. The molecule has 4 rings (SSSR count). The van der Waals surface area contributed by atoms with Gasteiger partial charge in [-0.05, 0) is 36.2 Å². The Kier molecular flexibility index (Phi) is 20.0. The van der Waals surface area contributed by atoms with E-state index in [0.29, 0.717) is 17.7 Å². The van der Waals surface area contributed by atoms with Gasteiger partial charge >= 0.3 is 14.0 Å². The molecule has 1 fully saturated rings. The number of aliphatic hydroxyl groups excluding tert-OH is 2. The van der Waals surface area contributed by atoms with E-state index in [-0.39, 0.29) is 24.7 Å². The van der Waals surface area contributed by atoms with E-state index in [4.69, 9.17) is 29.0 Å². The van der Waals surface area contributed by atoms with Crippen LogP contribution in [0.4, 0.5) is 19.0 Å². The third kappa shape index (κ3) is 15.1. The molecule has 6 atom stereocenters. The van der Waals surface area contributed by atoms with Crippen molar-refractivity contribution in [3.63, 3.8) is 0 Å². The number of hydrogen-bond donors (Lipinski definition) is 4. The van der Waals surface area contributed by atoms with Gasteiger partial charge in [0.05, 0.1) is 37.7 Å². The van der Waals surface area contributed by atoms with Gasteiger partial charge in [-0.15, -0.1) is 0 Å². The molecule has 1 aromatic carbocycles. The molecule has 2 aromatic heterocycles. The number of nitrogens with two attached hydrogens (primary N) is 1. The number of aromatic nitrogens is 3. The Morgan fingerprint density at radius 1 is 0.915 bits per heavy atom. The molecule has 0 amide bonds. The Morgan fingerprint density at radius 3 is 2.08 bits per heavy atom. The summed E-state index contributed by atoms with van der Waals surface area (Å²) in [5.41, 5.74) is 3.72. The fourth-order valence-electron chi connectivity index (χ4n) is 7.05. The Morgan fingerprint density at radius 2 is 1.51 bits per heavy atom. The zero-order chi connectivity index (χ0) is 42.7. The molecule has 3 heterocycles. The van der Waals surface area contributed by atoms with Crippen molar-refractivity contribution in [1.29, 1.82) is 5.26 Å². The summed E-state index contributed by atoms with van der Waals surface area (Å²) in [6.07, 6.45) is 10.5. The van der Waals surface area contributed by atoms with Crippen LogP contribution in [0.3, 0.4) is 0 Å². The first-order valence-electron chi connectivity index (χ1n) is 20.8. The Balaban J connectivity index is 1.20. The summed E-state index contributed by atoms with van der Waals surface area (Å²) in [6.45, 7) is 1.21. The molecule has 18 heteroatoms. The van der Waals surface area contributed by atoms with E-state index in [1.807, 2.05) is 6.07 Å². The lowest BCUT2D eigenvalue weighted by Gasteiger charge is -2.24. The summed E-state index contributed by atoms with van der Waals surface area (Å²) in [6, 6.07) is 9.24. The third-order valence-electron chi connectivity index (χ3n) is 10.5. The van der Waals surface area contributed by atoms with Gasteiger partial charge in [-0.2, -0.15) is 23.5 Å². The minimum absolute atomic E-state index is 0.0363. The number of fused-ring (bicyclic) bond motifs is 1. The van der Waals surface area contributed by atoms with Crippen molar-refractivity contribution in [2.45, 2.75) is 152 Å². The molecule has 0 saturated carbocycles. The van der Waals surface area contributed by atoms with Crippen molar-refractivity contribution in [2.75, 3.05) is 32.2 Å². The number of benzene rings is 1. The van der Waals surface area contributed by atoms with Crippen LogP contribution in [0, 0.1) is 11.3 Å². The molecule has 59 heavy (non-hydrogen) atoms. The zero-order valence-corrected chi connectivity index (χ0v) is 34.8. The fraction of sp³-hybridized carbons (Fsp3) is 0.683. The zero-order valence-electron chi connectivity index (χ0n) is 33.9. The Hall–Kier alpha value is -3.17. The SMILES string of the molecule is CCCCCCCCCCCCCCCCCCOC[C@H](COP(=O)(O)OC[C@H]1O[C@@](C#N)(c2ccc3c(N)ncnn23)[C@H](O)[C@@H]1O)OCc1ccc(C(F)(F)F)cc1. The molecule has 0 aliphatic carbocycles. The van der Waals surface area contributed by atoms with Crippen molar-refractivity contribution in [2.24, 2.45) is 0 Å². The number of hydrogen-bond acceptors (Lipinski definition) is 12. The quantitative estimate of drug-likeness (QED) is 0.0385. The van der Waals surface area contributed by atoms with Gasteiger partial charge < -0.3 is 35.1 Å². The number of rotatable bonds is 29. The number of unbranched alkanes of at least 4 members (excludes halogenated alkanes) is 15. The minimum Gasteiger partial charge on any atom is -0.387 e. The lowest BCUT2D eigenvalue weighted by molar-refractivity contribution is -0.137. The molecule has 5 N–H and O–H groups in total. The summed E-state index contributed by atoms with van der Waals surface area (Å²) < 4.78 is 81.2. The monoisotopic (exact) mass is 855 g/mol. The fourth-order valence-corrected chi connectivity index (χ4v) is 7.81. The van der Waals surface area contributed by atoms with Gasteiger partial charge in [0.25, 0.3) is 0 Å². The molecule has 0 radical (unpaired) electrons. The summed E-state index contributed by atoms with van der Waals surface area (Å²) in [5, 5.41) is 35.9. The van der Waals surface area contributed by atoms with Gasteiger partial charge in [0, 0.05) is 6.61 Å². The molecular weight excluding hydrogens is 794 g/mol. The van der Waals surface area contributed by atoms with Gasteiger partial charge in [-0.25, -0.2) is 14.1 Å². The first kappa shape index (κ1) is 48.5. The lowest BCUT2D eigenvalue weighted by atomic mass is 9.92. The van der Waals surface area contributed by atoms with E-state index in [0.717, 1.165) is 44.1 Å². The molecule has 330 valence electrons. The van der Waals surface area contributed by atoms with Gasteiger partial charge in [0.1, 0.15) is 42.3 Å². The number of nitrogens with zero attached hydrogens (tertiary/aromatic N) is 4. The number of phosphoric ester groups is 1. The van der Waals surface area contributed by atoms with Crippen LogP contribution >= 0.6 is 7.82 Å². The summed E-state index contributed by atoms with van der Waals surface area (Å²) in [4.78, 5) is 14.4. The topological polar surface area (TPSA) is 204 Å². The molecule has 3 aromatic rings. The van der Waals surface area contributed by atoms with Crippen LogP contribution in [-0.2, 0) is 46.2 Å². The van der Waals surface area contributed by atoms with E-state index in [2.05, 4.69) is 17.0 Å². The minimum atomic E-state index is -4.86. The number of nitriles is 1. The second kappa shape index (κ2) is 24.3. The average Bonchev–Trinajstić information content (AvgIpc) is 3.76. The standard InChI is InChI=1S/C41H61F3N5O9P/c1-2-3-4-5-6-7-8-9-10-11-12-13-14-15-16-17-24-54-26-33(55-25-31-18-20-32(21-19-31)41(42,43)44)27-56-59(52,53)57-28-35-37(50)38(51)40(29-45,58-35)36-23-22-34-39(46)47-30-48-49(34)36/h18-23,30,33,35,37-38,50-51H,2-17,24-28H2,1H3,(H,52,53)(H2,46,47,48)/t33-,35-,37-,38-,40+/m1/s1. The first-order valence-corrected chi connectivity index (χ1v) is 22.3. The molecule has 14 nitrogen and oxygen atoms in total. The number of alkyl halides is 3. The highest BCUT2D eigenvalue weighted by atomic mass is 31.2. The predicted octanol–water partition coefficient (Wildman–Crippen LogP) is 8.17. The smallest absolute Gasteiger partial charge is 0.387 e. The van der Waals surface area contributed by atoms with E-state index < -0.39 is 62.8 Å². The van der Waals surface area contributed by atoms with Crippen molar-refractivity contribution < 1.29 is 56.1 Å². The predicted molar refractivity (Wildman–Crippen MR) is 214 cm³/mol. The Labute approximate surface area is 344 Å². The summed E-state index contributed by atoms with van der Waals surface area (Å²) >= 11 is 0. The second-order valence-corrected chi connectivity index (χ2v) is 16.6. The third-order valence-corrected chi connectivity index (χ3v) is 11.5. The molecular formula is C41H61F3N5O9P. The van der Waals surface area contributed by atoms with Gasteiger partial charge in [-0.3, -0.25) is 9.05 Å². The summed E-state index contributed by atoms with van der Waals surface area (Å²) in [7, 11) is -4.86.